The van der Waals surface area contributed by atoms with Gasteiger partial charge in [0.25, 0.3) is 0 Å². The van der Waals surface area contributed by atoms with Crippen LogP contribution >= 0.6 is 11.3 Å². The van der Waals surface area contributed by atoms with E-state index >= 15 is 0 Å². The first kappa shape index (κ1) is 23.0. The molecule has 0 amide bonds. The number of benzene rings is 1. The van der Waals surface area contributed by atoms with Crippen LogP contribution in [0.4, 0.5) is 0 Å². The topological polar surface area (TPSA) is 99.9 Å². The molecule has 4 aromatic rings. The van der Waals surface area contributed by atoms with Crippen LogP contribution in [-0.2, 0) is 11.2 Å². The lowest BCUT2D eigenvalue weighted by atomic mass is 9.98. The molecule has 0 aliphatic rings. The van der Waals surface area contributed by atoms with Gasteiger partial charge in [-0.05, 0) is 38.0 Å². The van der Waals surface area contributed by atoms with Crippen molar-refractivity contribution in [1.29, 1.82) is 0 Å². The SMILES string of the molecule is COC(C)(C)C#Cc1csc2c(C(N)C(N)Cc3ccccc3)nc(-c3ccncc3)nc12. The van der Waals surface area contributed by atoms with Crippen LogP contribution in [0.5, 0.6) is 0 Å². The van der Waals surface area contributed by atoms with Gasteiger partial charge in [-0.2, -0.15) is 0 Å². The Bertz CT molecular complexity index is 1290. The van der Waals surface area contributed by atoms with Crippen molar-refractivity contribution >= 4 is 21.6 Å². The van der Waals surface area contributed by atoms with E-state index in [1.165, 1.54) is 11.3 Å². The van der Waals surface area contributed by atoms with Gasteiger partial charge in [0.15, 0.2) is 5.82 Å². The molecule has 0 bridgehead atoms. The van der Waals surface area contributed by atoms with Crippen LogP contribution in [0.15, 0.2) is 60.2 Å². The number of nitrogens with zero attached hydrogens (tertiary/aromatic N) is 3. The fourth-order valence-electron chi connectivity index (χ4n) is 3.37. The number of thiophene rings is 1. The third kappa shape index (κ3) is 5.27. The molecule has 6 nitrogen and oxygen atoms in total. The number of hydrogen-bond donors (Lipinski definition) is 2. The average molecular weight is 458 g/mol. The van der Waals surface area contributed by atoms with Crippen molar-refractivity contribution in [3.8, 4) is 23.2 Å². The van der Waals surface area contributed by atoms with E-state index in [9.17, 15) is 0 Å². The monoisotopic (exact) mass is 457 g/mol. The normalized spacial score (nSPS) is 13.4. The summed E-state index contributed by atoms with van der Waals surface area (Å²) in [7, 11) is 1.65. The minimum atomic E-state index is -0.563. The first-order valence-electron chi connectivity index (χ1n) is 10.7. The van der Waals surface area contributed by atoms with Crippen molar-refractivity contribution in [2.75, 3.05) is 7.11 Å². The van der Waals surface area contributed by atoms with E-state index in [-0.39, 0.29) is 6.04 Å². The van der Waals surface area contributed by atoms with Gasteiger partial charge < -0.3 is 16.2 Å². The first-order valence-corrected chi connectivity index (χ1v) is 11.6. The van der Waals surface area contributed by atoms with Crippen molar-refractivity contribution in [3.05, 3.63) is 77.1 Å². The van der Waals surface area contributed by atoms with Gasteiger partial charge in [-0.15, -0.1) is 11.3 Å². The fourth-order valence-corrected chi connectivity index (χ4v) is 4.35. The summed E-state index contributed by atoms with van der Waals surface area (Å²) in [5.41, 5.74) is 17.0. The Kier molecular flexibility index (Phi) is 6.82. The molecule has 4 rings (SSSR count). The Morgan fingerprint density at radius 2 is 1.79 bits per heavy atom. The second kappa shape index (κ2) is 9.77. The van der Waals surface area contributed by atoms with Crippen LogP contribution in [0.3, 0.4) is 0 Å². The number of pyridine rings is 1. The van der Waals surface area contributed by atoms with Gasteiger partial charge in [-0.3, -0.25) is 4.98 Å². The van der Waals surface area contributed by atoms with Crippen LogP contribution in [-0.4, -0.2) is 33.7 Å². The zero-order chi connectivity index (χ0) is 23.4. The summed E-state index contributed by atoms with van der Waals surface area (Å²) in [6.07, 6.45) is 4.09. The van der Waals surface area contributed by atoms with Gasteiger partial charge in [0, 0.05) is 36.5 Å². The van der Waals surface area contributed by atoms with E-state index in [1.54, 1.807) is 19.5 Å². The number of ether oxygens (including phenoxy) is 1. The Morgan fingerprint density at radius 1 is 1.06 bits per heavy atom. The molecule has 0 fully saturated rings. The molecule has 3 aromatic heterocycles. The maximum absolute atomic E-state index is 6.70. The minimum Gasteiger partial charge on any atom is -0.366 e. The molecule has 0 aliphatic carbocycles. The molecule has 2 atom stereocenters. The quantitative estimate of drug-likeness (QED) is 0.423. The summed E-state index contributed by atoms with van der Waals surface area (Å²) in [5, 5.41) is 1.99. The summed E-state index contributed by atoms with van der Waals surface area (Å²) in [5.74, 6) is 6.99. The van der Waals surface area contributed by atoms with Crippen LogP contribution in [0, 0.1) is 11.8 Å². The molecule has 0 aliphatic heterocycles. The zero-order valence-electron chi connectivity index (χ0n) is 18.9. The highest BCUT2D eigenvalue weighted by Crippen LogP contribution is 2.32. The van der Waals surface area contributed by atoms with Crippen molar-refractivity contribution in [3.63, 3.8) is 0 Å². The number of fused-ring (bicyclic) bond motifs is 1. The van der Waals surface area contributed by atoms with Crippen molar-refractivity contribution in [2.45, 2.75) is 38.0 Å². The lowest BCUT2D eigenvalue weighted by Crippen LogP contribution is -2.36. The molecule has 168 valence electrons. The van der Waals surface area contributed by atoms with Crippen LogP contribution in [0.2, 0.25) is 0 Å². The van der Waals surface area contributed by atoms with Gasteiger partial charge in [0.05, 0.1) is 22.0 Å². The third-order valence-corrected chi connectivity index (χ3v) is 6.47. The highest BCUT2D eigenvalue weighted by Gasteiger charge is 2.24. The molecule has 2 unspecified atom stereocenters. The molecule has 0 saturated carbocycles. The zero-order valence-corrected chi connectivity index (χ0v) is 19.8. The molecular weight excluding hydrogens is 430 g/mol. The smallest absolute Gasteiger partial charge is 0.160 e. The molecule has 0 spiro atoms. The predicted octanol–water partition coefficient (Wildman–Crippen LogP) is 4.10. The Hall–Kier alpha value is -3.15. The summed E-state index contributed by atoms with van der Waals surface area (Å²) in [6, 6.07) is 13.1. The highest BCUT2D eigenvalue weighted by atomic mass is 32.1. The van der Waals surface area contributed by atoms with E-state index in [2.05, 4.69) is 29.0 Å². The molecule has 1 aromatic carbocycles. The van der Waals surface area contributed by atoms with Crippen LogP contribution < -0.4 is 11.5 Å². The maximum atomic E-state index is 6.70. The molecule has 4 N–H and O–H groups in total. The third-order valence-electron chi connectivity index (χ3n) is 5.48. The van der Waals surface area contributed by atoms with Crippen LogP contribution in [0.25, 0.3) is 21.6 Å². The lowest BCUT2D eigenvalue weighted by Gasteiger charge is -2.20. The largest absolute Gasteiger partial charge is 0.366 e. The summed E-state index contributed by atoms with van der Waals surface area (Å²) in [6.45, 7) is 3.85. The van der Waals surface area contributed by atoms with Gasteiger partial charge in [0.1, 0.15) is 11.1 Å². The first-order chi connectivity index (χ1) is 15.9. The van der Waals surface area contributed by atoms with Gasteiger partial charge in [-0.1, -0.05) is 42.2 Å². The van der Waals surface area contributed by atoms with E-state index < -0.39 is 11.6 Å². The minimum absolute atomic E-state index is 0.306. The maximum Gasteiger partial charge on any atom is 0.160 e. The fraction of sp³-hybridized carbons (Fsp3) is 0.269. The molecule has 0 radical (unpaired) electrons. The summed E-state index contributed by atoms with van der Waals surface area (Å²) in [4.78, 5) is 13.8. The molecule has 33 heavy (non-hydrogen) atoms. The van der Waals surface area contributed by atoms with E-state index in [0.29, 0.717) is 12.2 Å². The number of aromatic nitrogens is 3. The van der Waals surface area contributed by atoms with E-state index in [4.69, 9.17) is 26.2 Å². The number of rotatable bonds is 6. The van der Waals surface area contributed by atoms with Crippen LogP contribution in [0.1, 0.15) is 36.7 Å². The standard InChI is InChI=1S/C26H27N5OS/c1-26(2,32-3)12-9-19-16-33-24-22(19)30-25(18-10-13-29-14-11-18)31-23(24)21(28)20(27)15-17-7-5-4-6-8-17/h4-8,10-11,13-14,16,20-21H,15,27-28H2,1-3H3. The van der Waals surface area contributed by atoms with Gasteiger partial charge >= 0.3 is 0 Å². The Morgan fingerprint density at radius 3 is 2.48 bits per heavy atom. The number of methoxy groups -OCH3 is 1. The second-order valence-electron chi connectivity index (χ2n) is 8.34. The van der Waals surface area contributed by atoms with Crippen molar-refractivity contribution in [1.82, 2.24) is 15.0 Å². The van der Waals surface area contributed by atoms with Crippen molar-refractivity contribution < 1.29 is 4.74 Å². The molecule has 0 saturated heterocycles. The van der Waals surface area contributed by atoms with Gasteiger partial charge in [-0.25, -0.2) is 9.97 Å². The number of hydrogen-bond acceptors (Lipinski definition) is 7. The van der Waals surface area contributed by atoms with Gasteiger partial charge in [0.2, 0.25) is 0 Å². The van der Waals surface area contributed by atoms with E-state index in [0.717, 1.165) is 32.6 Å². The number of nitrogens with two attached hydrogens (primary N) is 2. The molecule has 3 heterocycles. The Balaban J connectivity index is 1.80. The lowest BCUT2D eigenvalue weighted by molar-refractivity contribution is 0.0742. The average Bonchev–Trinajstić information content (AvgIpc) is 3.26. The van der Waals surface area contributed by atoms with Crippen molar-refractivity contribution in [2.24, 2.45) is 11.5 Å². The second-order valence-corrected chi connectivity index (χ2v) is 9.22. The molecule has 7 heteroatoms. The highest BCUT2D eigenvalue weighted by molar-refractivity contribution is 7.17. The predicted molar refractivity (Wildman–Crippen MR) is 134 cm³/mol. The Labute approximate surface area is 198 Å². The summed E-state index contributed by atoms with van der Waals surface area (Å²) >= 11 is 1.54. The molecular formula is C26H27N5OS. The van der Waals surface area contributed by atoms with E-state index in [1.807, 2.05) is 49.6 Å². The summed E-state index contributed by atoms with van der Waals surface area (Å²) < 4.78 is 6.35.